The largest absolute Gasteiger partial charge is 0.367 e. The molecule has 1 aromatic heterocycles. The van der Waals surface area contributed by atoms with Crippen molar-refractivity contribution in [3.8, 4) is 6.07 Å². The van der Waals surface area contributed by atoms with Gasteiger partial charge in [-0.05, 0) is 18.1 Å². The van der Waals surface area contributed by atoms with E-state index in [1.165, 1.54) is 0 Å². The maximum atomic E-state index is 13.9. The molecular formula is C17H19FN6O. The van der Waals surface area contributed by atoms with Gasteiger partial charge in [-0.1, -0.05) is 13.8 Å². The van der Waals surface area contributed by atoms with Crippen molar-refractivity contribution in [3.63, 3.8) is 0 Å². The van der Waals surface area contributed by atoms with Gasteiger partial charge in [0, 0.05) is 20.1 Å². The Kier molecular flexibility index (Phi) is 4.49. The first-order valence-corrected chi connectivity index (χ1v) is 8.09. The van der Waals surface area contributed by atoms with Crippen LogP contribution in [-0.4, -0.2) is 59.8 Å². The number of halogens is 1. The van der Waals surface area contributed by atoms with Gasteiger partial charge >= 0.3 is 0 Å². The first-order chi connectivity index (χ1) is 11.9. The van der Waals surface area contributed by atoms with Gasteiger partial charge in [0.2, 0.25) is 12.1 Å². The van der Waals surface area contributed by atoms with E-state index in [0.29, 0.717) is 24.7 Å². The molecule has 7 nitrogen and oxygen atoms in total. The number of rotatable bonds is 3. The molecule has 1 aromatic rings. The summed E-state index contributed by atoms with van der Waals surface area (Å²) in [5.41, 5.74) is 1.52. The second kappa shape index (κ2) is 6.59. The first-order valence-electron chi connectivity index (χ1n) is 8.09. The number of nitriles is 1. The smallest absolute Gasteiger partial charge is 0.289 e. The summed E-state index contributed by atoms with van der Waals surface area (Å²) in [6.07, 6.45) is -0.0702. The molecule has 0 aromatic carbocycles. The molecule has 3 rings (SSSR count). The minimum Gasteiger partial charge on any atom is -0.367 e. The van der Waals surface area contributed by atoms with E-state index in [4.69, 9.17) is 5.26 Å². The third kappa shape index (κ3) is 3.22. The number of hydrogen-bond acceptors (Lipinski definition) is 6. The number of anilines is 1. The molecule has 1 amide bonds. The topological polar surface area (TPSA) is 84.9 Å². The summed E-state index contributed by atoms with van der Waals surface area (Å²) < 4.78 is 13.9. The Bertz CT molecular complexity index is 773. The fourth-order valence-corrected chi connectivity index (χ4v) is 2.78. The fraction of sp³-hybridized carbons (Fsp3) is 0.471. The van der Waals surface area contributed by atoms with Crippen molar-refractivity contribution in [3.05, 3.63) is 24.0 Å². The zero-order valence-corrected chi connectivity index (χ0v) is 14.3. The van der Waals surface area contributed by atoms with E-state index in [1.54, 1.807) is 12.3 Å². The molecule has 3 heterocycles. The molecule has 1 fully saturated rings. The highest BCUT2D eigenvalue weighted by atomic mass is 19.1. The lowest BCUT2D eigenvalue weighted by atomic mass is 10.0. The molecule has 2 aliphatic rings. The van der Waals surface area contributed by atoms with Crippen LogP contribution in [0.5, 0.6) is 0 Å². The van der Waals surface area contributed by atoms with E-state index < -0.39 is 12.1 Å². The van der Waals surface area contributed by atoms with E-state index in [0.717, 1.165) is 5.69 Å². The van der Waals surface area contributed by atoms with Gasteiger partial charge < -0.3 is 9.80 Å². The van der Waals surface area contributed by atoms with Crippen molar-refractivity contribution in [1.29, 1.82) is 5.26 Å². The Balaban J connectivity index is 1.66. The predicted molar refractivity (Wildman–Crippen MR) is 92.3 cm³/mol. The van der Waals surface area contributed by atoms with Crippen molar-refractivity contribution in [2.75, 3.05) is 25.0 Å². The van der Waals surface area contributed by atoms with Crippen molar-refractivity contribution in [2.45, 2.75) is 26.1 Å². The van der Waals surface area contributed by atoms with Crippen LogP contribution in [0.25, 0.3) is 0 Å². The molecule has 0 saturated carbocycles. The number of carbonyl (C=O) groups excluding carboxylic acids is 1. The van der Waals surface area contributed by atoms with Crippen LogP contribution >= 0.6 is 0 Å². The molecule has 25 heavy (non-hydrogen) atoms. The van der Waals surface area contributed by atoms with Crippen LogP contribution in [0.4, 0.5) is 10.1 Å². The summed E-state index contributed by atoms with van der Waals surface area (Å²) in [4.78, 5) is 27.8. The quantitative estimate of drug-likeness (QED) is 0.829. The van der Waals surface area contributed by atoms with Crippen LogP contribution in [0, 0.1) is 17.2 Å². The molecule has 1 saturated heterocycles. The van der Waals surface area contributed by atoms with Crippen LogP contribution < -0.4 is 4.90 Å². The second-order valence-corrected chi connectivity index (χ2v) is 6.49. The average Bonchev–Trinajstić information content (AvgIpc) is 2.56. The van der Waals surface area contributed by atoms with Gasteiger partial charge in [-0.15, -0.1) is 0 Å². The highest BCUT2D eigenvalue weighted by Gasteiger charge is 2.37. The van der Waals surface area contributed by atoms with Gasteiger partial charge in [-0.25, -0.2) is 14.4 Å². The lowest BCUT2D eigenvalue weighted by molar-refractivity contribution is -0.120. The van der Waals surface area contributed by atoms with Gasteiger partial charge in [0.15, 0.2) is 0 Å². The Hall–Kier alpha value is -2.82. The third-order valence-electron chi connectivity index (χ3n) is 4.47. The Morgan fingerprint density at radius 3 is 2.64 bits per heavy atom. The minimum atomic E-state index is -1.73. The number of likely N-dealkylation sites (tertiary alicyclic amines) is 1. The van der Waals surface area contributed by atoms with Gasteiger partial charge in [-0.2, -0.15) is 10.3 Å². The fourth-order valence-electron chi connectivity index (χ4n) is 2.78. The van der Waals surface area contributed by atoms with Gasteiger partial charge in [0.1, 0.15) is 11.8 Å². The van der Waals surface area contributed by atoms with Crippen molar-refractivity contribution >= 4 is 23.3 Å². The number of carbonyl (C=O) groups is 1. The highest BCUT2D eigenvalue weighted by Crippen LogP contribution is 2.23. The van der Waals surface area contributed by atoms with Crippen LogP contribution in [-0.2, 0) is 4.79 Å². The van der Waals surface area contributed by atoms with Crippen molar-refractivity contribution < 1.29 is 9.18 Å². The molecule has 0 radical (unpaired) electrons. The Morgan fingerprint density at radius 1 is 1.36 bits per heavy atom. The number of alkyl halides is 1. The highest BCUT2D eigenvalue weighted by molar-refractivity contribution is 6.18. The van der Waals surface area contributed by atoms with Gasteiger partial charge in [0.25, 0.3) is 5.91 Å². The van der Waals surface area contributed by atoms with Crippen LogP contribution in [0.3, 0.4) is 0 Å². The number of amides is 1. The number of guanidine groups is 1. The predicted octanol–water partition coefficient (Wildman–Crippen LogP) is 1.40. The third-order valence-corrected chi connectivity index (χ3v) is 4.47. The SMILES string of the molecule is CC(C)C1=NC(N2CC(N(C)c3ccc(C#N)nc3)C2)=NC(=O)C1F. The summed E-state index contributed by atoms with van der Waals surface area (Å²) in [6, 6.07) is 5.71. The lowest BCUT2D eigenvalue weighted by Gasteiger charge is -2.45. The van der Waals surface area contributed by atoms with Crippen molar-refractivity contribution in [1.82, 2.24) is 9.88 Å². The van der Waals surface area contributed by atoms with Crippen LogP contribution in [0.2, 0.25) is 0 Å². The molecule has 0 aliphatic carbocycles. The van der Waals surface area contributed by atoms with E-state index in [1.807, 2.05) is 37.9 Å². The second-order valence-electron chi connectivity index (χ2n) is 6.49. The molecule has 0 bridgehead atoms. The molecule has 2 aliphatic heterocycles. The van der Waals surface area contributed by atoms with Crippen molar-refractivity contribution in [2.24, 2.45) is 15.9 Å². The molecule has 1 atom stereocenters. The molecular weight excluding hydrogens is 323 g/mol. The number of likely N-dealkylation sites (N-methyl/N-ethyl adjacent to an activating group) is 1. The first kappa shape index (κ1) is 17.0. The van der Waals surface area contributed by atoms with Gasteiger partial charge in [0.05, 0.1) is 23.6 Å². The molecule has 8 heteroatoms. The zero-order chi connectivity index (χ0) is 18.1. The molecule has 0 N–H and O–H groups in total. The summed E-state index contributed by atoms with van der Waals surface area (Å²) in [5, 5.41) is 8.80. The summed E-state index contributed by atoms with van der Waals surface area (Å²) >= 11 is 0. The number of hydrogen-bond donors (Lipinski definition) is 0. The normalized spacial score (nSPS) is 20.7. The van der Waals surface area contributed by atoms with Crippen LogP contribution in [0.15, 0.2) is 28.3 Å². The van der Waals surface area contributed by atoms with Gasteiger partial charge in [-0.3, -0.25) is 4.79 Å². The Labute approximate surface area is 145 Å². The van der Waals surface area contributed by atoms with E-state index in [2.05, 4.69) is 19.9 Å². The summed E-state index contributed by atoms with van der Waals surface area (Å²) in [5.74, 6) is -0.624. The number of nitrogens with zero attached hydrogens (tertiary/aromatic N) is 6. The molecule has 1 unspecified atom stereocenters. The average molecular weight is 342 g/mol. The van der Waals surface area contributed by atoms with E-state index >= 15 is 0 Å². The maximum absolute atomic E-state index is 13.9. The maximum Gasteiger partial charge on any atom is 0.289 e. The standard InChI is InChI=1S/C17H19FN6O/c1-10(2)15-14(18)16(25)22-17(21-15)24-8-13(9-24)23(3)12-5-4-11(6-19)20-7-12/h4-5,7,10,13-14H,8-9H2,1-3H3. The van der Waals surface area contributed by atoms with E-state index in [9.17, 15) is 9.18 Å². The lowest BCUT2D eigenvalue weighted by Crippen LogP contribution is -2.61. The molecule has 130 valence electrons. The number of aliphatic imine (C=N–C) groups is 2. The monoisotopic (exact) mass is 342 g/mol. The Morgan fingerprint density at radius 2 is 2.08 bits per heavy atom. The number of aromatic nitrogens is 1. The van der Waals surface area contributed by atoms with Crippen LogP contribution in [0.1, 0.15) is 19.5 Å². The van der Waals surface area contributed by atoms with E-state index in [-0.39, 0.29) is 17.7 Å². The summed E-state index contributed by atoms with van der Waals surface area (Å²) in [6.45, 7) is 4.89. The minimum absolute atomic E-state index is 0.145. The molecule has 0 spiro atoms. The number of pyridine rings is 1. The summed E-state index contributed by atoms with van der Waals surface area (Å²) in [7, 11) is 1.94. The zero-order valence-electron chi connectivity index (χ0n) is 14.3.